The maximum absolute atomic E-state index is 10.7. The van der Waals surface area contributed by atoms with E-state index < -0.39 is 4.92 Å². The average Bonchev–Trinajstić information content (AvgIpc) is 2.47. The zero-order valence-corrected chi connectivity index (χ0v) is 11.7. The van der Waals surface area contributed by atoms with Gasteiger partial charge in [0.15, 0.2) is 5.82 Å². The minimum atomic E-state index is -0.420. The number of nitrogens with zero attached hydrogens (tertiary/aromatic N) is 3. The zero-order valence-electron chi connectivity index (χ0n) is 11.7. The van der Waals surface area contributed by atoms with Crippen molar-refractivity contribution in [3.8, 4) is 11.4 Å². The molecular formula is C14H16N4O2. The van der Waals surface area contributed by atoms with E-state index in [1.807, 2.05) is 20.9 Å². The van der Waals surface area contributed by atoms with Crippen LogP contribution in [0.5, 0.6) is 0 Å². The molecule has 0 atom stereocenters. The summed E-state index contributed by atoms with van der Waals surface area (Å²) in [5.74, 6) is 1.36. The number of nitrogens with one attached hydrogen (secondary N) is 1. The molecule has 0 unspecified atom stereocenters. The lowest BCUT2D eigenvalue weighted by Crippen LogP contribution is -2.04. The van der Waals surface area contributed by atoms with E-state index in [9.17, 15) is 10.1 Å². The molecule has 104 valence electrons. The number of anilines is 1. The second-order valence-corrected chi connectivity index (χ2v) is 4.38. The van der Waals surface area contributed by atoms with Crippen LogP contribution in [0.1, 0.15) is 18.2 Å². The fourth-order valence-corrected chi connectivity index (χ4v) is 2.01. The molecule has 1 aromatic carbocycles. The van der Waals surface area contributed by atoms with E-state index in [-0.39, 0.29) is 5.69 Å². The van der Waals surface area contributed by atoms with Gasteiger partial charge in [-0.15, -0.1) is 0 Å². The van der Waals surface area contributed by atoms with Crippen LogP contribution in [0, 0.1) is 17.0 Å². The molecule has 0 bridgehead atoms. The second-order valence-electron chi connectivity index (χ2n) is 4.38. The maximum atomic E-state index is 10.7. The van der Waals surface area contributed by atoms with E-state index in [0.29, 0.717) is 5.82 Å². The minimum absolute atomic E-state index is 0.0606. The Morgan fingerprint density at radius 2 is 1.90 bits per heavy atom. The highest BCUT2D eigenvalue weighted by atomic mass is 16.6. The summed E-state index contributed by atoms with van der Waals surface area (Å²) in [7, 11) is 1.81. The van der Waals surface area contributed by atoms with Crippen molar-refractivity contribution in [1.82, 2.24) is 9.97 Å². The van der Waals surface area contributed by atoms with Crippen molar-refractivity contribution in [3.63, 3.8) is 0 Å². The van der Waals surface area contributed by atoms with Gasteiger partial charge < -0.3 is 5.32 Å². The predicted molar refractivity (Wildman–Crippen MR) is 77.8 cm³/mol. The molecule has 1 N–H and O–H groups in total. The Balaban J connectivity index is 2.49. The van der Waals surface area contributed by atoms with E-state index in [4.69, 9.17) is 0 Å². The molecule has 0 aliphatic heterocycles. The third-order valence-electron chi connectivity index (χ3n) is 3.15. The highest BCUT2D eigenvalue weighted by molar-refractivity contribution is 5.61. The van der Waals surface area contributed by atoms with Gasteiger partial charge in [-0.25, -0.2) is 9.97 Å². The number of nitro groups is 1. The summed E-state index contributed by atoms with van der Waals surface area (Å²) in [5.41, 5.74) is 2.82. The van der Waals surface area contributed by atoms with Gasteiger partial charge in [0.25, 0.3) is 5.69 Å². The zero-order chi connectivity index (χ0) is 14.7. The third kappa shape index (κ3) is 2.59. The molecule has 0 amide bonds. The van der Waals surface area contributed by atoms with E-state index in [1.54, 1.807) is 12.1 Å². The number of aryl methyl sites for hydroxylation is 1. The molecule has 0 aliphatic carbocycles. The number of non-ortho nitro benzene ring substituents is 1. The molecule has 1 heterocycles. The standard InChI is InChI=1S/C14H16N4O2/c1-4-12-9(2)13(15-3)17-14(16-12)10-5-7-11(8-6-10)18(19)20/h5-8H,4H2,1-3H3,(H,15,16,17). The Labute approximate surface area is 117 Å². The van der Waals surface area contributed by atoms with Crippen LogP contribution in [0.4, 0.5) is 11.5 Å². The topological polar surface area (TPSA) is 81.0 Å². The minimum Gasteiger partial charge on any atom is -0.373 e. The van der Waals surface area contributed by atoms with Gasteiger partial charge >= 0.3 is 0 Å². The van der Waals surface area contributed by atoms with E-state index >= 15 is 0 Å². The monoisotopic (exact) mass is 272 g/mol. The lowest BCUT2D eigenvalue weighted by Gasteiger charge is -2.11. The SMILES string of the molecule is CCc1nc(-c2ccc([N+](=O)[O-])cc2)nc(NC)c1C. The summed E-state index contributed by atoms with van der Waals surface area (Å²) in [5, 5.41) is 13.7. The first kappa shape index (κ1) is 13.9. The van der Waals surface area contributed by atoms with Crippen molar-refractivity contribution < 1.29 is 4.92 Å². The Bertz CT molecular complexity index is 613. The van der Waals surface area contributed by atoms with E-state index in [1.165, 1.54) is 12.1 Å². The van der Waals surface area contributed by atoms with Crippen LogP contribution in [0.15, 0.2) is 24.3 Å². The van der Waals surface area contributed by atoms with Crippen LogP contribution in [0.25, 0.3) is 11.4 Å². The van der Waals surface area contributed by atoms with Crippen molar-refractivity contribution >= 4 is 11.5 Å². The van der Waals surface area contributed by atoms with Crippen LogP contribution in [0.3, 0.4) is 0 Å². The van der Waals surface area contributed by atoms with Gasteiger partial charge in [-0.1, -0.05) is 6.92 Å². The number of benzene rings is 1. The summed E-state index contributed by atoms with van der Waals surface area (Å²) in [6.07, 6.45) is 0.809. The van der Waals surface area contributed by atoms with Gasteiger partial charge in [-0.05, 0) is 25.5 Å². The largest absolute Gasteiger partial charge is 0.373 e. The van der Waals surface area contributed by atoms with Crippen LogP contribution in [-0.2, 0) is 6.42 Å². The van der Waals surface area contributed by atoms with Crippen LogP contribution in [0.2, 0.25) is 0 Å². The molecule has 2 rings (SSSR count). The summed E-state index contributed by atoms with van der Waals surface area (Å²) in [6.45, 7) is 4.01. The summed E-state index contributed by atoms with van der Waals surface area (Å²) >= 11 is 0. The molecule has 0 spiro atoms. The first-order chi connectivity index (χ1) is 9.56. The van der Waals surface area contributed by atoms with Gasteiger partial charge in [0.2, 0.25) is 0 Å². The van der Waals surface area contributed by atoms with Crippen molar-refractivity contribution in [2.24, 2.45) is 0 Å². The molecule has 20 heavy (non-hydrogen) atoms. The second kappa shape index (κ2) is 5.64. The number of hydrogen-bond acceptors (Lipinski definition) is 5. The van der Waals surface area contributed by atoms with Crippen molar-refractivity contribution in [3.05, 3.63) is 45.6 Å². The Morgan fingerprint density at radius 1 is 1.25 bits per heavy atom. The smallest absolute Gasteiger partial charge is 0.269 e. The van der Waals surface area contributed by atoms with E-state index in [2.05, 4.69) is 15.3 Å². The van der Waals surface area contributed by atoms with Crippen LogP contribution in [-0.4, -0.2) is 21.9 Å². The highest BCUT2D eigenvalue weighted by Crippen LogP contribution is 2.23. The van der Waals surface area contributed by atoms with Gasteiger partial charge in [-0.2, -0.15) is 0 Å². The number of rotatable bonds is 4. The first-order valence-electron chi connectivity index (χ1n) is 6.37. The molecular weight excluding hydrogens is 256 g/mol. The summed E-state index contributed by atoms with van der Waals surface area (Å²) in [6, 6.07) is 6.26. The molecule has 1 aromatic heterocycles. The molecule has 0 radical (unpaired) electrons. The fourth-order valence-electron chi connectivity index (χ4n) is 2.01. The first-order valence-corrected chi connectivity index (χ1v) is 6.37. The van der Waals surface area contributed by atoms with Crippen LogP contribution >= 0.6 is 0 Å². The molecule has 0 fully saturated rings. The van der Waals surface area contributed by atoms with Crippen molar-refractivity contribution in [2.45, 2.75) is 20.3 Å². The molecule has 0 saturated heterocycles. The Morgan fingerprint density at radius 3 is 2.40 bits per heavy atom. The Hall–Kier alpha value is -2.50. The van der Waals surface area contributed by atoms with Gasteiger partial charge in [-0.3, -0.25) is 10.1 Å². The lowest BCUT2D eigenvalue weighted by atomic mass is 10.1. The van der Waals surface area contributed by atoms with Gasteiger partial charge in [0, 0.05) is 36.0 Å². The van der Waals surface area contributed by atoms with Gasteiger partial charge in [0.1, 0.15) is 5.82 Å². The number of hydrogen-bond donors (Lipinski definition) is 1. The quantitative estimate of drug-likeness (QED) is 0.683. The Kier molecular flexibility index (Phi) is 3.93. The maximum Gasteiger partial charge on any atom is 0.269 e. The molecule has 2 aromatic rings. The predicted octanol–water partition coefficient (Wildman–Crippen LogP) is 2.96. The van der Waals surface area contributed by atoms with Crippen molar-refractivity contribution in [2.75, 3.05) is 12.4 Å². The molecule has 6 heteroatoms. The molecule has 6 nitrogen and oxygen atoms in total. The van der Waals surface area contributed by atoms with Gasteiger partial charge in [0.05, 0.1) is 4.92 Å². The highest BCUT2D eigenvalue weighted by Gasteiger charge is 2.11. The fraction of sp³-hybridized carbons (Fsp3) is 0.286. The van der Waals surface area contributed by atoms with E-state index in [0.717, 1.165) is 29.1 Å². The van der Waals surface area contributed by atoms with Crippen LogP contribution < -0.4 is 5.32 Å². The number of nitro benzene ring substituents is 1. The normalized spacial score (nSPS) is 10.3. The summed E-state index contributed by atoms with van der Waals surface area (Å²) in [4.78, 5) is 19.2. The summed E-state index contributed by atoms with van der Waals surface area (Å²) < 4.78 is 0. The molecule has 0 saturated carbocycles. The number of aromatic nitrogens is 2. The molecule has 0 aliphatic rings. The lowest BCUT2D eigenvalue weighted by molar-refractivity contribution is -0.384. The van der Waals surface area contributed by atoms with Crippen molar-refractivity contribution in [1.29, 1.82) is 0 Å². The average molecular weight is 272 g/mol. The third-order valence-corrected chi connectivity index (χ3v) is 3.15.